The SMILES string of the molecule is N#CCC(=O)Nc1ccc2c(c1)NCCNC2. The maximum atomic E-state index is 11.3. The maximum absolute atomic E-state index is 11.3. The Bertz CT molecular complexity index is 464. The van der Waals surface area contributed by atoms with Crippen molar-refractivity contribution >= 4 is 17.3 Å². The molecule has 1 aliphatic rings. The first-order valence-corrected chi connectivity index (χ1v) is 5.54. The van der Waals surface area contributed by atoms with Crippen molar-refractivity contribution in [2.75, 3.05) is 23.7 Å². The molecule has 5 heteroatoms. The fourth-order valence-corrected chi connectivity index (χ4v) is 1.76. The van der Waals surface area contributed by atoms with E-state index in [1.54, 1.807) is 0 Å². The van der Waals surface area contributed by atoms with Crippen molar-refractivity contribution in [3.8, 4) is 6.07 Å². The molecule has 1 heterocycles. The first-order valence-electron chi connectivity index (χ1n) is 5.54. The molecule has 0 saturated heterocycles. The van der Waals surface area contributed by atoms with Crippen LogP contribution in [0.1, 0.15) is 12.0 Å². The lowest BCUT2D eigenvalue weighted by atomic mass is 10.1. The predicted octanol–water partition coefficient (Wildman–Crippen LogP) is 1.05. The van der Waals surface area contributed by atoms with Crippen LogP contribution in [0.5, 0.6) is 0 Å². The van der Waals surface area contributed by atoms with Gasteiger partial charge >= 0.3 is 0 Å². The molecule has 3 N–H and O–H groups in total. The Morgan fingerprint density at radius 2 is 2.35 bits per heavy atom. The van der Waals surface area contributed by atoms with Crippen LogP contribution < -0.4 is 16.0 Å². The Hall–Kier alpha value is -2.06. The summed E-state index contributed by atoms with van der Waals surface area (Å²) in [5.74, 6) is -0.279. The second-order valence-corrected chi connectivity index (χ2v) is 3.86. The van der Waals surface area contributed by atoms with Crippen LogP contribution in [0.25, 0.3) is 0 Å². The monoisotopic (exact) mass is 230 g/mol. The minimum absolute atomic E-state index is 0.119. The molecule has 0 spiro atoms. The first kappa shape index (κ1) is 11.4. The van der Waals surface area contributed by atoms with Gasteiger partial charge in [-0.05, 0) is 17.7 Å². The Labute approximate surface area is 99.8 Å². The van der Waals surface area contributed by atoms with E-state index in [4.69, 9.17) is 5.26 Å². The summed E-state index contributed by atoms with van der Waals surface area (Å²) in [5.41, 5.74) is 2.93. The average Bonchev–Trinajstić information content (AvgIpc) is 2.53. The van der Waals surface area contributed by atoms with Gasteiger partial charge in [-0.1, -0.05) is 6.07 Å². The van der Waals surface area contributed by atoms with Crippen LogP contribution in [0.15, 0.2) is 18.2 Å². The van der Waals surface area contributed by atoms with Crippen LogP contribution in [0.2, 0.25) is 0 Å². The summed E-state index contributed by atoms with van der Waals surface area (Å²) in [7, 11) is 0. The number of carbonyl (C=O) groups excluding carboxylic acids is 1. The standard InChI is InChI=1S/C12H14N4O/c13-4-3-12(17)16-10-2-1-9-8-14-5-6-15-11(9)7-10/h1-2,7,14-15H,3,5-6,8H2,(H,16,17). The Morgan fingerprint density at radius 3 is 3.18 bits per heavy atom. The highest BCUT2D eigenvalue weighted by atomic mass is 16.1. The van der Waals surface area contributed by atoms with Crippen LogP contribution in [0, 0.1) is 11.3 Å². The summed E-state index contributed by atoms with van der Waals surface area (Å²) in [6, 6.07) is 7.55. The highest BCUT2D eigenvalue weighted by Gasteiger charge is 2.08. The van der Waals surface area contributed by atoms with Gasteiger partial charge in [0.05, 0.1) is 6.07 Å². The summed E-state index contributed by atoms with van der Waals surface area (Å²) in [4.78, 5) is 11.3. The van der Waals surface area contributed by atoms with Gasteiger partial charge in [-0.3, -0.25) is 4.79 Å². The van der Waals surface area contributed by atoms with Gasteiger partial charge in [0.1, 0.15) is 6.42 Å². The van der Waals surface area contributed by atoms with Crippen LogP contribution in [0.3, 0.4) is 0 Å². The van der Waals surface area contributed by atoms with E-state index < -0.39 is 0 Å². The Kier molecular flexibility index (Phi) is 3.58. The number of nitrogens with zero attached hydrogens (tertiary/aromatic N) is 1. The Balaban J connectivity index is 2.13. The highest BCUT2D eigenvalue weighted by Crippen LogP contribution is 2.22. The largest absolute Gasteiger partial charge is 0.383 e. The minimum atomic E-state index is -0.279. The summed E-state index contributed by atoms with van der Waals surface area (Å²) in [6.07, 6.45) is -0.119. The summed E-state index contributed by atoms with van der Waals surface area (Å²) in [5, 5.41) is 17.7. The van der Waals surface area contributed by atoms with Crippen molar-refractivity contribution in [2.24, 2.45) is 0 Å². The van der Waals surface area contributed by atoms with Crippen LogP contribution in [0.4, 0.5) is 11.4 Å². The molecular formula is C12H14N4O. The Morgan fingerprint density at radius 1 is 1.47 bits per heavy atom. The molecule has 1 aromatic carbocycles. The second-order valence-electron chi connectivity index (χ2n) is 3.86. The first-order chi connectivity index (χ1) is 8.29. The molecule has 88 valence electrons. The summed E-state index contributed by atoms with van der Waals surface area (Å²) >= 11 is 0. The highest BCUT2D eigenvalue weighted by molar-refractivity contribution is 5.92. The van der Waals surface area contributed by atoms with Crippen molar-refractivity contribution < 1.29 is 4.79 Å². The number of hydrogen-bond acceptors (Lipinski definition) is 4. The number of amides is 1. The number of nitrogens with one attached hydrogen (secondary N) is 3. The van der Waals surface area contributed by atoms with Gasteiger partial charge in [0, 0.05) is 31.0 Å². The molecule has 0 saturated carbocycles. The van der Waals surface area contributed by atoms with E-state index in [1.807, 2.05) is 24.3 Å². The molecular weight excluding hydrogens is 216 g/mol. The lowest BCUT2D eigenvalue weighted by molar-refractivity contribution is -0.115. The molecule has 1 aliphatic heterocycles. The molecule has 1 aromatic rings. The van der Waals surface area contributed by atoms with E-state index in [0.717, 1.165) is 31.0 Å². The van der Waals surface area contributed by atoms with E-state index >= 15 is 0 Å². The van der Waals surface area contributed by atoms with E-state index in [0.29, 0.717) is 0 Å². The molecule has 0 bridgehead atoms. The number of rotatable bonds is 2. The lowest BCUT2D eigenvalue weighted by Crippen LogP contribution is -2.16. The third-order valence-electron chi connectivity index (χ3n) is 2.57. The molecule has 0 unspecified atom stereocenters. The number of nitriles is 1. The van der Waals surface area contributed by atoms with E-state index in [2.05, 4.69) is 16.0 Å². The minimum Gasteiger partial charge on any atom is -0.383 e. The lowest BCUT2D eigenvalue weighted by Gasteiger charge is -2.10. The van der Waals surface area contributed by atoms with Gasteiger partial charge in [-0.25, -0.2) is 0 Å². The van der Waals surface area contributed by atoms with Crippen molar-refractivity contribution in [1.82, 2.24) is 5.32 Å². The summed E-state index contributed by atoms with van der Waals surface area (Å²) < 4.78 is 0. The molecule has 0 atom stereocenters. The van der Waals surface area contributed by atoms with Crippen molar-refractivity contribution in [1.29, 1.82) is 5.26 Å². The van der Waals surface area contributed by atoms with Crippen LogP contribution in [-0.2, 0) is 11.3 Å². The van der Waals surface area contributed by atoms with Crippen molar-refractivity contribution in [2.45, 2.75) is 13.0 Å². The quantitative estimate of drug-likeness (QED) is 0.709. The van der Waals surface area contributed by atoms with E-state index in [-0.39, 0.29) is 12.3 Å². The van der Waals surface area contributed by atoms with Crippen LogP contribution >= 0.6 is 0 Å². The molecule has 0 aliphatic carbocycles. The van der Waals surface area contributed by atoms with Crippen LogP contribution in [-0.4, -0.2) is 19.0 Å². The third kappa shape index (κ3) is 2.95. The van der Waals surface area contributed by atoms with Gasteiger partial charge in [0.2, 0.25) is 5.91 Å². The number of anilines is 2. The van der Waals surface area contributed by atoms with Gasteiger partial charge in [0.15, 0.2) is 0 Å². The topological polar surface area (TPSA) is 77.0 Å². The zero-order valence-electron chi connectivity index (χ0n) is 9.42. The molecule has 2 rings (SSSR count). The number of hydrogen-bond donors (Lipinski definition) is 3. The third-order valence-corrected chi connectivity index (χ3v) is 2.57. The molecule has 5 nitrogen and oxygen atoms in total. The number of fused-ring (bicyclic) bond motifs is 1. The molecule has 0 aromatic heterocycles. The van der Waals surface area contributed by atoms with E-state index in [9.17, 15) is 4.79 Å². The molecule has 0 radical (unpaired) electrons. The summed E-state index contributed by atoms with van der Waals surface area (Å²) in [6.45, 7) is 2.61. The molecule has 17 heavy (non-hydrogen) atoms. The van der Waals surface area contributed by atoms with Crippen molar-refractivity contribution in [3.63, 3.8) is 0 Å². The van der Waals surface area contributed by atoms with Gasteiger partial charge < -0.3 is 16.0 Å². The fourth-order valence-electron chi connectivity index (χ4n) is 1.76. The molecule has 1 amide bonds. The zero-order chi connectivity index (χ0) is 12.1. The van der Waals surface area contributed by atoms with Gasteiger partial charge in [0.25, 0.3) is 0 Å². The average molecular weight is 230 g/mol. The zero-order valence-corrected chi connectivity index (χ0v) is 9.42. The molecule has 0 fully saturated rings. The second kappa shape index (κ2) is 5.32. The number of benzene rings is 1. The maximum Gasteiger partial charge on any atom is 0.238 e. The smallest absolute Gasteiger partial charge is 0.238 e. The predicted molar refractivity (Wildman–Crippen MR) is 65.5 cm³/mol. The van der Waals surface area contributed by atoms with Crippen molar-refractivity contribution in [3.05, 3.63) is 23.8 Å². The number of carbonyl (C=O) groups is 1. The van der Waals surface area contributed by atoms with Gasteiger partial charge in [-0.2, -0.15) is 5.26 Å². The fraction of sp³-hybridized carbons (Fsp3) is 0.333. The van der Waals surface area contributed by atoms with Gasteiger partial charge in [-0.15, -0.1) is 0 Å². The normalized spacial score (nSPS) is 13.8. The van der Waals surface area contributed by atoms with E-state index in [1.165, 1.54) is 5.56 Å².